The number of nitrogens with one attached hydrogen (secondary N) is 1. The van der Waals surface area contributed by atoms with Gasteiger partial charge < -0.3 is 15.1 Å². The number of amides is 1. The van der Waals surface area contributed by atoms with E-state index in [9.17, 15) is 4.79 Å². The average molecular weight is 317 g/mol. The van der Waals surface area contributed by atoms with Gasteiger partial charge in [0.1, 0.15) is 5.82 Å². The van der Waals surface area contributed by atoms with E-state index in [1.54, 1.807) is 0 Å². The SMILES string of the molecule is CC1NCCN(C(=O)CN2CCN(c3ccccn3)CC2)C1C. The van der Waals surface area contributed by atoms with Crippen LogP contribution in [0.2, 0.25) is 0 Å². The predicted octanol–water partition coefficient (Wildman–Crippen LogP) is 0.412. The van der Waals surface area contributed by atoms with E-state index in [2.05, 4.69) is 33.9 Å². The predicted molar refractivity (Wildman–Crippen MR) is 91.5 cm³/mol. The van der Waals surface area contributed by atoms with E-state index >= 15 is 0 Å². The fourth-order valence-corrected chi connectivity index (χ4v) is 3.37. The van der Waals surface area contributed by atoms with Gasteiger partial charge >= 0.3 is 0 Å². The van der Waals surface area contributed by atoms with Crippen LogP contribution in [0.1, 0.15) is 13.8 Å². The van der Waals surface area contributed by atoms with Gasteiger partial charge in [0, 0.05) is 57.5 Å². The van der Waals surface area contributed by atoms with Gasteiger partial charge in [0.25, 0.3) is 0 Å². The molecule has 0 spiro atoms. The number of aromatic nitrogens is 1. The zero-order valence-corrected chi connectivity index (χ0v) is 14.1. The molecular formula is C17H27N5O. The summed E-state index contributed by atoms with van der Waals surface area (Å²) in [7, 11) is 0. The summed E-state index contributed by atoms with van der Waals surface area (Å²) in [6.45, 7) is 10.2. The van der Waals surface area contributed by atoms with Gasteiger partial charge in [0.2, 0.25) is 5.91 Å². The van der Waals surface area contributed by atoms with Crippen LogP contribution in [0.3, 0.4) is 0 Å². The van der Waals surface area contributed by atoms with E-state index in [1.165, 1.54) is 0 Å². The summed E-state index contributed by atoms with van der Waals surface area (Å²) in [5.41, 5.74) is 0. The maximum Gasteiger partial charge on any atom is 0.237 e. The van der Waals surface area contributed by atoms with Gasteiger partial charge in [-0.15, -0.1) is 0 Å². The Balaban J connectivity index is 1.49. The Morgan fingerprint density at radius 2 is 2.00 bits per heavy atom. The summed E-state index contributed by atoms with van der Waals surface area (Å²) in [6.07, 6.45) is 1.83. The van der Waals surface area contributed by atoms with E-state index in [-0.39, 0.29) is 11.9 Å². The standard InChI is InChI=1S/C17H27N5O/c1-14-15(2)22(8-7-18-14)17(23)13-20-9-11-21(12-10-20)16-5-3-4-6-19-16/h3-6,14-15,18H,7-13H2,1-2H3. The monoisotopic (exact) mass is 317 g/mol. The smallest absolute Gasteiger partial charge is 0.237 e. The summed E-state index contributed by atoms with van der Waals surface area (Å²) in [6, 6.07) is 6.64. The van der Waals surface area contributed by atoms with E-state index < -0.39 is 0 Å². The summed E-state index contributed by atoms with van der Waals surface area (Å²) in [5, 5.41) is 3.42. The van der Waals surface area contributed by atoms with Crippen molar-refractivity contribution < 1.29 is 4.79 Å². The van der Waals surface area contributed by atoms with Crippen molar-refractivity contribution in [2.45, 2.75) is 25.9 Å². The molecule has 0 bridgehead atoms. The molecular weight excluding hydrogens is 290 g/mol. The molecule has 1 aromatic rings. The van der Waals surface area contributed by atoms with Gasteiger partial charge in [-0.05, 0) is 26.0 Å². The van der Waals surface area contributed by atoms with Crippen molar-refractivity contribution in [1.82, 2.24) is 20.1 Å². The molecule has 1 N–H and O–H groups in total. The van der Waals surface area contributed by atoms with Crippen molar-refractivity contribution in [3.05, 3.63) is 24.4 Å². The quantitative estimate of drug-likeness (QED) is 0.875. The Kier molecular flexibility index (Phi) is 5.13. The molecule has 1 amide bonds. The van der Waals surface area contributed by atoms with Crippen molar-refractivity contribution in [2.24, 2.45) is 0 Å². The number of anilines is 1. The number of carbonyl (C=O) groups excluding carboxylic acids is 1. The third kappa shape index (κ3) is 3.82. The lowest BCUT2D eigenvalue weighted by Crippen LogP contribution is -2.59. The Labute approximate surface area is 138 Å². The maximum atomic E-state index is 12.6. The van der Waals surface area contributed by atoms with Crippen LogP contribution in [0.25, 0.3) is 0 Å². The molecule has 0 aliphatic carbocycles. The molecule has 1 aromatic heterocycles. The molecule has 2 aliphatic rings. The lowest BCUT2D eigenvalue weighted by Gasteiger charge is -2.41. The third-order valence-electron chi connectivity index (χ3n) is 5.06. The molecule has 3 heterocycles. The molecule has 2 fully saturated rings. The number of hydrogen-bond donors (Lipinski definition) is 1. The third-order valence-corrected chi connectivity index (χ3v) is 5.06. The number of carbonyl (C=O) groups is 1. The number of pyridine rings is 1. The minimum absolute atomic E-state index is 0.261. The van der Waals surface area contributed by atoms with Crippen LogP contribution in [0.15, 0.2) is 24.4 Å². The van der Waals surface area contributed by atoms with Crippen molar-refractivity contribution in [3.8, 4) is 0 Å². The molecule has 23 heavy (non-hydrogen) atoms. The van der Waals surface area contributed by atoms with Crippen LogP contribution < -0.4 is 10.2 Å². The van der Waals surface area contributed by atoms with Gasteiger partial charge in [0.15, 0.2) is 0 Å². The van der Waals surface area contributed by atoms with E-state index in [0.717, 1.165) is 45.1 Å². The molecule has 2 unspecified atom stereocenters. The van der Waals surface area contributed by atoms with Crippen molar-refractivity contribution in [2.75, 3.05) is 50.7 Å². The maximum absolute atomic E-state index is 12.6. The van der Waals surface area contributed by atoms with Gasteiger partial charge in [0.05, 0.1) is 6.54 Å². The Hall–Kier alpha value is -1.66. The van der Waals surface area contributed by atoms with E-state index in [4.69, 9.17) is 0 Å². The summed E-state index contributed by atoms with van der Waals surface area (Å²) in [5.74, 6) is 1.29. The number of rotatable bonds is 3. The normalized spacial score (nSPS) is 26.3. The van der Waals surface area contributed by atoms with Crippen LogP contribution in [-0.4, -0.2) is 78.6 Å². The second kappa shape index (κ2) is 7.27. The van der Waals surface area contributed by atoms with Crippen LogP contribution in [0, 0.1) is 0 Å². The Morgan fingerprint density at radius 1 is 1.22 bits per heavy atom. The first-order valence-corrected chi connectivity index (χ1v) is 8.56. The molecule has 0 saturated carbocycles. The van der Waals surface area contributed by atoms with Gasteiger partial charge in [-0.3, -0.25) is 9.69 Å². The second-order valence-corrected chi connectivity index (χ2v) is 6.52. The fourth-order valence-electron chi connectivity index (χ4n) is 3.37. The van der Waals surface area contributed by atoms with Crippen molar-refractivity contribution >= 4 is 11.7 Å². The van der Waals surface area contributed by atoms with E-state index in [1.807, 2.05) is 29.3 Å². The molecule has 6 nitrogen and oxygen atoms in total. The van der Waals surface area contributed by atoms with Crippen molar-refractivity contribution in [1.29, 1.82) is 0 Å². The van der Waals surface area contributed by atoms with Crippen LogP contribution >= 0.6 is 0 Å². The first-order chi connectivity index (χ1) is 11.1. The highest BCUT2D eigenvalue weighted by atomic mass is 16.2. The molecule has 6 heteroatoms. The zero-order valence-electron chi connectivity index (χ0n) is 14.1. The van der Waals surface area contributed by atoms with Crippen LogP contribution in [0.4, 0.5) is 5.82 Å². The molecule has 0 aromatic carbocycles. The Bertz CT molecular complexity index is 515. The highest BCUT2D eigenvalue weighted by molar-refractivity contribution is 5.78. The summed E-state index contributed by atoms with van der Waals surface area (Å²) < 4.78 is 0. The largest absolute Gasteiger partial charge is 0.354 e. The molecule has 0 radical (unpaired) electrons. The van der Waals surface area contributed by atoms with Gasteiger partial charge in [-0.1, -0.05) is 6.07 Å². The molecule has 126 valence electrons. The number of hydrogen-bond acceptors (Lipinski definition) is 5. The van der Waals surface area contributed by atoms with Crippen molar-refractivity contribution in [3.63, 3.8) is 0 Å². The lowest BCUT2D eigenvalue weighted by molar-refractivity contribution is -0.136. The number of piperazine rings is 2. The van der Waals surface area contributed by atoms with Crippen LogP contribution in [-0.2, 0) is 4.79 Å². The second-order valence-electron chi connectivity index (χ2n) is 6.52. The summed E-state index contributed by atoms with van der Waals surface area (Å²) in [4.78, 5) is 23.6. The van der Waals surface area contributed by atoms with Gasteiger partial charge in [-0.2, -0.15) is 0 Å². The zero-order chi connectivity index (χ0) is 16.2. The molecule has 3 rings (SSSR count). The average Bonchev–Trinajstić information content (AvgIpc) is 2.59. The first kappa shape index (κ1) is 16.2. The molecule has 2 saturated heterocycles. The Morgan fingerprint density at radius 3 is 2.70 bits per heavy atom. The molecule has 2 aliphatic heterocycles. The highest BCUT2D eigenvalue weighted by Crippen LogP contribution is 2.14. The van der Waals surface area contributed by atoms with Gasteiger partial charge in [-0.25, -0.2) is 4.98 Å². The molecule has 2 atom stereocenters. The highest BCUT2D eigenvalue weighted by Gasteiger charge is 2.29. The fraction of sp³-hybridized carbons (Fsp3) is 0.647. The van der Waals surface area contributed by atoms with Crippen LogP contribution in [0.5, 0.6) is 0 Å². The lowest BCUT2D eigenvalue weighted by atomic mass is 10.1. The minimum Gasteiger partial charge on any atom is -0.354 e. The first-order valence-electron chi connectivity index (χ1n) is 8.56. The minimum atomic E-state index is 0.261. The van der Waals surface area contributed by atoms with E-state index in [0.29, 0.717) is 12.6 Å². The summed E-state index contributed by atoms with van der Waals surface area (Å²) >= 11 is 0. The number of nitrogens with zero attached hydrogens (tertiary/aromatic N) is 4. The topological polar surface area (TPSA) is 51.7 Å².